The van der Waals surface area contributed by atoms with E-state index < -0.39 is 35.6 Å². The molecule has 1 atom stereocenters. The van der Waals surface area contributed by atoms with Gasteiger partial charge in [0, 0.05) is 17.3 Å². The van der Waals surface area contributed by atoms with Crippen LogP contribution in [0.25, 0.3) is 5.76 Å². The Balaban J connectivity index is 1.79. The first-order chi connectivity index (χ1) is 17.5. The lowest BCUT2D eigenvalue weighted by molar-refractivity contribution is -0.274. The Hall–Kier alpha value is -4.27. The number of aliphatic hydroxyl groups excluding tert-OH is 1. The minimum Gasteiger partial charge on any atom is -0.507 e. The number of benzene rings is 3. The van der Waals surface area contributed by atoms with Gasteiger partial charge in [-0.05, 0) is 47.9 Å². The molecule has 4 rings (SSSR count). The van der Waals surface area contributed by atoms with Gasteiger partial charge in [0.05, 0.1) is 18.2 Å². The van der Waals surface area contributed by atoms with Gasteiger partial charge in [-0.3, -0.25) is 14.5 Å². The fourth-order valence-corrected chi connectivity index (χ4v) is 4.01. The van der Waals surface area contributed by atoms with Crippen molar-refractivity contribution in [1.29, 1.82) is 0 Å². The maximum absolute atomic E-state index is 13.2. The zero-order valence-corrected chi connectivity index (χ0v) is 20.0. The zero-order chi connectivity index (χ0) is 26.7. The molecule has 0 radical (unpaired) electrons. The molecule has 0 saturated carbocycles. The van der Waals surface area contributed by atoms with E-state index in [1.807, 2.05) is 13.8 Å². The van der Waals surface area contributed by atoms with Crippen LogP contribution in [0, 0.1) is 5.92 Å². The van der Waals surface area contributed by atoms with Crippen molar-refractivity contribution in [2.75, 3.05) is 11.5 Å². The number of carbonyl (C=O) groups excluding carboxylic acids is 2. The van der Waals surface area contributed by atoms with Crippen LogP contribution in [0.3, 0.4) is 0 Å². The van der Waals surface area contributed by atoms with Crippen molar-refractivity contribution in [3.05, 3.63) is 95.6 Å². The number of amides is 1. The molecule has 1 aliphatic heterocycles. The maximum Gasteiger partial charge on any atom is 0.573 e. The van der Waals surface area contributed by atoms with Crippen LogP contribution in [0.5, 0.6) is 11.5 Å². The number of carbonyl (C=O) groups is 2. The van der Waals surface area contributed by atoms with Gasteiger partial charge in [-0.1, -0.05) is 50.2 Å². The van der Waals surface area contributed by atoms with Crippen molar-refractivity contribution in [2.45, 2.75) is 26.3 Å². The largest absolute Gasteiger partial charge is 0.573 e. The van der Waals surface area contributed by atoms with Crippen LogP contribution in [0.1, 0.15) is 31.0 Å². The second-order valence-corrected chi connectivity index (χ2v) is 8.85. The first-order valence-electron chi connectivity index (χ1n) is 11.5. The summed E-state index contributed by atoms with van der Waals surface area (Å²) in [7, 11) is 0. The van der Waals surface area contributed by atoms with Crippen LogP contribution >= 0.6 is 0 Å². The van der Waals surface area contributed by atoms with Gasteiger partial charge < -0.3 is 14.6 Å². The Bertz CT molecular complexity index is 1320. The Morgan fingerprint density at radius 3 is 2.24 bits per heavy atom. The molecule has 0 bridgehead atoms. The molecule has 3 aromatic rings. The van der Waals surface area contributed by atoms with Crippen molar-refractivity contribution in [3.63, 3.8) is 0 Å². The van der Waals surface area contributed by atoms with E-state index in [0.717, 1.165) is 17.0 Å². The predicted octanol–water partition coefficient (Wildman–Crippen LogP) is 6.25. The van der Waals surface area contributed by atoms with Crippen molar-refractivity contribution >= 4 is 23.1 Å². The van der Waals surface area contributed by atoms with E-state index in [0.29, 0.717) is 23.8 Å². The minimum absolute atomic E-state index is 0.00851. The summed E-state index contributed by atoms with van der Waals surface area (Å²) in [5.41, 5.74) is 0.593. The Labute approximate surface area is 211 Å². The second kappa shape index (κ2) is 10.4. The maximum atomic E-state index is 13.2. The normalized spacial score (nSPS) is 17.4. The van der Waals surface area contributed by atoms with E-state index in [2.05, 4.69) is 4.74 Å². The topological polar surface area (TPSA) is 76.1 Å². The number of rotatable bonds is 7. The number of nitrogens with zero attached hydrogens (tertiary/aromatic N) is 1. The SMILES string of the molecule is CC(C)COc1ccc(/C(O)=C2\C(=O)C(=O)N(c3cccc(OC(F)(F)F)c3)C2c2ccccc2)cc1. The summed E-state index contributed by atoms with van der Waals surface area (Å²) < 4.78 is 48.0. The average molecular weight is 511 g/mol. The first-order valence-corrected chi connectivity index (χ1v) is 11.5. The highest BCUT2D eigenvalue weighted by Gasteiger charge is 2.47. The lowest BCUT2D eigenvalue weighted by atomic mass is 9.95. The van der Waals surface area contributed by atoms with Gasteiger partial charge in [-0.25, -0.2) is 0 Å². The van der Waals surface area contributed by atoms with Crippen LogP contribution in [0.4, 0.5) is 18.9 Å². The molecule has 9 heteroatoms. The highest BCUT2D eigenvalue weighted by molar-refractivity contribution is 6.51. The third kappa shape index (κ3) is 5.77. The molecule has 1 amide bonds. The van der Waals surface area contributed by atoms with Crippen LogP contribution in [-0.2, 0) is 9.59 Å². The average Bonchev–Trinajstić information content (AvgIpc) is 3.12. The molecule has 192 valence electrons. The molecule has 0 aromatic heterocycles. The minimum atomic E-state index is -4.93. The molecular formula is C28H24F3NO5. The van der Waals surface area contributed by atoms with E-state index in [-0.39, 0.29) is 16.8 Å². The van der Waals surface area contributed by atoms with E-state index in [1.165, 1.54) is 12.1 Å². The standard InChI is InChI=1S/C28H24F3NO5/c1-17(2)16-36-21-13-11-19(12-14-21)25(33)23-24(18-7-4-3-5-8-18)32(27(35)26(23)34)20-9-6-10-22(15-20)37-28(29,30)31/h3-15,17,24,33H,16H2,1-2H3/b25-23+. The lowest BCUT2D eigenvalue weighted by Gasteiger charge is -2.26. The lowest BCUT2D eigenvalue weighted by Crippen LogP contribution is -2.29. The van der Waals surface area contributed by atoms with E-state index >= 15 is 0 Å². The van der Waals surface area contributed by atoms with Crippen molar-refractivity contribution in [2.24, 2.45) is 5.92 Å². The third-order valence-corrected chi connectivity index (χ3v) is 5.60. The van der Waals surface area contributed by atoms with E-state index in [4.69, 9.17) is 4.74 Å². The summed E-state index contributed by atoms with van der Waals surface area (Å²) in [6, 6.07) is 18.6. The van der Waals surface area contributed by atoms with Crippen LogP contribution in [0.2, 0.25) is 0 Å². The van der Waals surface area contributed by atoms with Crippen molar-refractivity contribution in [3.8, 4) is 11.5 Å². The molecule has 0 aliphatic carbocycles. The summed E-state index contributed by atoms with van der Waals surface area (Å²) >= 11 is 0. The number of alkyl halides is 3. The number of Topliss-reactive ketones (excluding diaryl/α,β-unsaturated/α-hetero) is 1. The summed E-state index contributed by atoms with van der Waals surface area (Å²) in [5, 5.41) is 11.2. The summed E-state index contributed by atoms with van der Waals surface area (Å²) in [6.07, 6.45) is -4.93. The van der Waals surface area contributed by atoms with Gasteiger partial charge in [0.1, 0.15) is 17.3 Å². The number of anilines is 1. The Morgan fingerprint density at radius 2 is 1.62 bits per heavy atom. The van der Waals surface area contributed by atoms with E-state index in [1.54, 1.807) is 54.6 Å². The predicted molar refractivity (Wildman–Crippen MR) is 131 cm³/mol. The molecule has 1 aliphatic rings. The molecule has 6 nitrogen and oxygen atoms in total. The fraction of sp³-hybridized carbons (Fsp3) is 0.214. The number of hydrogen-bond acceptors (Lipinski definition) is 5. The number of hydrogen-bond donors (Lipinski definition) is 1. The molecule has 1 unspecified atom stereocenters. The molecule has 0 spiro atoms. The van der Waals surface area contributed by atoms with Gasteiger partial charge in [-0.2, -0.15) is 0 Å². The molecule has 3 aromatic carbocycles. The third-order valence-electron chi connectivity index (χ3n) is 5.60. The van der Waals surface area contributed by atoms with Gasteiger partial charge in [0.25, 0.3) is 11.7 Å². The molecule has 37 heavy (non-hydrogen) atoms. The molecule has 1 saturated heterocycles. The number of halogens is 3. The second-order valence-electron chi connectivity index (χ2n) is 8.85. The summed E-state index contributed by atoms with van der Waals surface area (Å²) in [5.74, 6) is -2.02. The van der Waals surface area contributed by atoms with Crippen LogP contribution in [-0.4, -0.2) is 29.8 Å². The summed E-state index contributed by atoms with van der Waals surface area (Å²) in [6.45, 7) is 4.52. The molecule has 1 fully saturated rings. The smallest absolute Gasteiger partial charge is 0.507 e. The van der Waals surface area contributed by atoms with Crippen molar-refractivity contribution < 1.29 is 37.3 Å². The number of ketones is 1. The first kappa shape index (κ1) is 25.8. The van der Waals surface area contributed by atoms with Gasteiger partial charge in [0.15, 0.2) is 0 Å². The van der Waals surface area contributed by atoms with Gasteiger partial charge in [0.2, 0.25) is 0 Å². The number of ether oxygens (including phenoxy) is 2. The Kier molecular flexibility index (Phi) is 7.24. The fourth-order valence-electron chi connectivity index (χ4n) is 4.01. The molecule has 1 N–H and O–H groups in total. The molecular weight excluding hydrogens is 487 g/mol. The van der Waals surface area contributed by atoms with Crippen LogP contribution in [0.15, 0.2) is 84.4 Å². The zero-order valence-electron chi connectivity index (χ0n) is 20.0. The monoisotopic (exact) mass is 511 g/mol. The van der Waals surface area contributed by atoms with Gasteiger partial charge in [-0.15, -0.1) is 13.2 Å². The quantitative estimate of drug-likeness (QED) is 0.231. The van der Waals surface area contributed by atoms with Crippen LogP contribution < -0.4 is 14.4 Å². The van der Waals surface area contributed by atoms with E-state index in [9.17, 15) is 27.9 Å². The van der Waals surface area contributed by atoms with Crippen molar-refractivity contribution in [1.82, 2.24) is 0 Å². The number of aliphatic hydroxyl groups is 1. The highest BCUT2D eigenvalue weighted by Crippen LogP contribution is 2.43. The Morgan fingerprint density at radius 1 is 0.946 bits per heavy atom. The highest BCUT2D eigenvalue weighted by atomic mass is 19.4. The summed E-state index contributed by atoms with van der Waals surface area (Å²) in [4.78, 5) is 27.4. The molecule has 1 heterocycles. The van der Waals surface area contributed by atoms with Gasteiger partial charge >= 0.3 is 6.36 Å².